The quantitative estimate of drug-likeness (QED) is 0.633. The van der Waals surface area contributed by atoms with Gasteiger partial charge in [-0.05, 0) is 42.7 Å². The van der Waals surface area contributed by atoms with E-state index in [1.54, 1.807) is 0 Å². The lowest BCUT2D eigenvalue weighted by molar-refractivity contribution is 0.641. The molecule has 0 radical (unpaired) electrons. The van der Waals surface area contributed by atoms with Crippen LogP contribution in [0.1, 0.15) is 51.2 Å². The highest BCUT2D eigenvalue weighted by Crippen LogP contribution is 2.24. The second-order valence-corrected chi connectivity index (χ2v) is 6.01. The smallest absolute Gasteiger partial charge is 0.0313 e. The summed E-state index contributed by atoms with van der Waals surface area (Å²) in [6.45, 7) is 8.84. The molecule has 0 heterocycles. The van der Waals surface area contributed by atoms with Crippen molar-refractivity contribution < 1.29 is 0 Å². The molecule has 0 aliphatic rings. The summed E-state index contributed by atoms with van der Waals surface area (Å²) in [5.41, 5.74) is 2.87. The summed E-state index contributed by atoms with van der Waals surface area (Å²) in [5, 5.41) is 0.253. The molecular formula is C15H23Cl. The molecule has 1 heteroatoms. The van der Waals surface area contributed by atoms with Crippen LogP contribution in [0.15, 0.2) is 24.3 Å². The van der Waals surface area contributed by atoms with Gasteiger partial charge in [-0.25, -0.2) is 0 Å². The van der Waals surface area contributed by atoms with Gasteiger partial charge in [-0.1, -0.05) is 45.0 Å². The molecule has 1 aromatic rings. The molecule has 0 saturated carbocycles. The topological polar surface area (TPSA) is 0 Å². The van der Waals surface area contributed by atoms with Crippen molar-refractivity contribution in [3.63, 3.8) is 0 Å². The molecule has 0 spiro atoms. The minimum atomic E-state index is 0.253. The summed E-state index contributed by atoms with van der Waals surface area (Å²) in [6.07, 6.45) is 2.21. The maximum absolute atomic E-state index is 6.05. The molecule has 0 aliphatic heterocycles. The van der Waals surface area contributed by atoms with Crippen molar-refractivity contribution in [2.24, 2.45) is 5.92 Å². The molecular weight excluding hydrogens is 216 g/mol. The van der Waals surface area contributed by atoms with E-state index in [1.165, 1.54) is 11.1 Å². The van der Waals surface area contributed by atoms with Gasteiger partial charge >= 0.3 is 0 Å². The van der Waals surface area contributed by atoms with E-state index in [2.05, 4.69) is 52.0 Å². The van der Waals surface area contributed by atoms with Crippen LogP contribution in [-0.2, 0) is 6.42 Å². The Morgan fingerprint density at radius 3 is 2.38 bits per heavy atom. The number of hydrogen-bond donors (Lipinski definition) is 0. The highest BCUT2D eigenvalue weighted by atomic mass is 35.5. The Balaban J connectivity index is 2.73. The van der Waals surface area contributed by atoms with E-state index in [9.17, 15) is 0 Å². The lowest BCUT2D eigenvalue weighted by atomic mass is 9.93. The predicted molar refractivity (Wildman–Crippen MR) is 73.3 cm³/mol. The second-order valence-electron chi connectivity index (χ2n) is 5.26. The SMILES string of the molecule is CC(C)Cc1cccc(C(C)CC(C)Cl)c1. The van der Waals surface area contributed by atoms with Crippen molar-refractivity contribution in [3.05, 3.63) is 35.4 Å². The fourth-order valence-corrected chi connectivity index (χ4v) is 2.39. The molecule has 2 unspecified atom stereocenters. The first-order chi connectivity index (χ1) is 7.49. The largest absolute Gasteiger partial charge is 0.123 e. The van der Waals surface area contributed by atoms with Crippen LogP contribution in [0.3, 0.4) is 0 Å². The molecule has 1 aromatic carbocycles. The lowest BCUT2D eigenvalue weighted by Gasteiger charge is -2.15. The van der Waals surface area contributed by atoms with Crippen LogP contribution in [0.4, 0.5) is 0 Å². The molecule has 16 heavy (non-hydrogen) atoms. The predicted octanol–water partition coefficient (Wildman–Crippen LogP) is 5.01. The minimum Gasteiger partial charge on any atom is -0.123 e. The molecule has 0 amide bonds. The van der Waals surface area contributed by atoms with E-state index in [1.807, 2.05) is 0 Å². The van der Waals surface area contributed by atoms with E-state index >= 15 is 0 Å². The monoisotopic (exact) mass is 238 g/mol. The summed E-state index contributed by atoms with van der Waals surface area (Å²) in [7, 11) is 0. The van der Waals surface area contributed by atoms with E-state index < -0.39 is 0 Å². The van der Waals surface area contributed by atoms with Crippen LogP contribution >= 0.6 is 11.6 Å². The summed E-state index contributed by atoms with van der Waals surface area (Å²) in [5.74, 6) is 1.28. The summed E-state index contributed by atoms with van der Waals surface area (Å²) < 4.78 is 0. The van der Waals surface area contributed by atoms with Gasteiger partial charge in [0.1, 0.15) is 0 Å². The minimum absolute atomic E-state index is 0.253. The molecule has 2 atom stereocenters. The number of benzene rings is 1. The number of rotatable bonds is 5. The molecule has 90 valence electrons. The molecule has 0 bridgehead atoms. The Bertz CT molecular complexity index is 315. The van der Waals surface area contributed by atoms with Crippen LogP contribution < -0.4 is 0 Å². The van der Waals surface area contributed by atoms with Gasteiger partial charge in [-0.3, -0.25) is 0 Å². The molecule has 0 aromatic heterocycles. The zero-order chi connectivity index (χ0) is 12.1. The Kier molecular flexibility index (Phi) is 5.34. The number of alkyl halides is 1. The first-order valence-corrected chi connectivity index (χ1v) is 6.65. The first kappa shape index (κ1) is 13.6. The van der Waals surface area contributed by atoms with Gasteiger partial charge in [0, 0.05) is 5.38 Å². The van der Waals surface area contributed by atoms with Crippen LogP contribution in [0.5, 0.6) is 0 Å². The Morgan fingerprint density at radius 1 is 1.12 bits per heavy atom. The van der Waals surface area contributed by atoms with Crippen molar-refractivity contribution in [1.82, 2.24) is 0 Å². The Labute approximate surface area is 105 Å². The van der Waals surface area contributed by atoms with Gasteiger partial charge in [0.15, 0.2) is 0 Å². The zero-order valence-electron chi connectivity index (χ0n) is 10.8. The standard InChI is InChI=1S/C15H23Cl/c1-11(2)8-14-6-5-7-15(10-14)12(3)9-13(4)16/h5-7,10-13H,8-9H2,1-4H3. The first-order valence-electron chi connectivity index (χ1n) is 6.22. The fraction of sp³-hybridized carbons (Fsp3) is 0.600. The van der Waals surface area contributed by atoms with Gasteiger partial charge in [0.25, 0.3) is 0 Å². The molecule has 1 rings (SSSR count). The normalized spacial score (nSPS) is 15.1. The average Bonchev–Trinajstić information content (AvgIpc) is 2.16. The van der Waals surface area contributed by atoms with Crippen LogP contribution in [0.25, 0.3) is 0 Å². The van der Waals surface area contributed by atoms with Crippen molar-refractivity contribution >= 4 is 11.6 Å². The average molecular weight is 239 g/mol. The molecule has 0 fully saturated rings. The summed E-state index contributed by atoms with van der Waals surface area (Å²) in [6, 6.07) is 8.94. The van der Waals surface area contributed by atoms with E-state index in [4.69, 9.17) is 11.6 Å². The van der Waals surface area contributed by atoms with Crippen LogP contribution in [0, 0.1) is 5.92 Å². The Morgan fingerprint density at radius 2 is 1.81 bits per heavy atom. The van der Waals surface area contributed by atoms with Gasteiger partial charge < -0.3 is 0 Å². The number of halogens is 1. The maximum Gasteiger partial charge on any atom is 0.0313 e. The third kappa shape index (κ3) is 4.57. The Hall–Kier alpha value is -0.490. The van der Waals surface area contributed by atoms with E-state index in [0.717, 1.165) is 18.8 Å². The lowest BCUT2D eigenvalue weighted by Crippen LogP contribution is -2.02. The molecule has 0 aliphatic carbocycles. The van der Waals surface area contributed by atoms with Gasteiger partial charge in [0.05, 0.1) is 0 Å². The van der Waals surface area contributed by atoms with Gasteiger partial charge in [-0.2, -0.15) is 0 Å². The third-order valence-corrected chi connectivity index (χ3v) is 3.02. The summed E-state index contributed by atoms with van der Waals surface area (Å²) in [4.78, 5) is 0. The van der Waals surface area contributed by atoms with E-state index in [-0.39, 0.29) is 5.38 Å². The van der Waals surface area contributed by atoms with E-state index in [0.29, 0.717) is 5.92 Å². The number of hydrogen-bond acceptors (Lipinski definition) is 0. The highest BCUT2D eigenvalue weighted by molar-refractivity contribution is 6.20. The summed E-state index contributed by atoms with van der Waals surface area (Å²) >= 11 is 6.05. The molecule has 0 saturated heterocycles. The third-order valence-electron chi connectivity index (χ3n) is 2.84. The molecule has 0 nitrogen and oxygen atoms in total. The van der Waals surface area contributed by atoms with Crippen molar-refractivity contribution in [2.45, 2.75) is 51.8 Å². The van der Waals surface area contributed by atoms with Crippen LogP contribution in [-0.4, -0.2) is 5.38 Å². The highest BCUT2D eigenvalue weighted by Gasteiger charge is 2.09. The van der Waals surface area contributed by atoms with Crippen molar-refractivity contribution in [1.29, 1.82) is 0 Å². The maximum atomic E-state index is 6.05. The van der Waals surface area contributed by atoms with Crippen molar-refractivity contribution in [2.75, 3.05) is 0 Å². The second kappa shape index (κ2) is 6.30. The van der Waals surface area contributed by atoms with Gasteiger partial charge in [0.2, 0.25) is 0 Å². The zero-order valence-corrected chi connectivity index (χ0v) is 11.6. The molecule has 0 N–H and O–H groups in total. The van der Waals surface area contributed by atoms with Crippen molar-refractivity contribution in [3.8, 4) is 0 Å². The van der Waals surface area contributed by atoms with Gasteiger partial charge in [-0.15, -0.1) is 11.6 Å². The fourth-order valence-electron chi connectivity index (χ4n) is 2.12. The van der Waals surface area contributed by atoms with Crippen LogP contribution in [0.2, 0.25) is 0 Å².